The zero-order valence-electron chi connectivity index (χ0n) is 23.3. The van der Waals surface area contributed by atoms with Crippen LogP contribution in [0.3, 0.4) is 0 Å². The number of nitrogen functional groups attached to an aromatic ring is 2. The molecule has 2 amide bonds. The molecule has 0 unspecified atom stereocenters. The molecule has 0 aliphatic heterocycles. The van der Waals surface area contributed by atoms with Crippen molar-refractivity contribution in [2.75, 3.05) is 16.8 Å². The third kappa shape index (κ3) is 5.71. The van der Waals surface area contributed by atoms with Gasteiger partial charge in [-0.2, -0.15) is 15.2 Å². The van der Waals surface area contributed by atoms with Gasteiger partial charge in [0.2, 0.25) is 5.95 Å². The van der Waals surface area contributed by atoms with Crippen LogP contribution in [0.4, 0.5) is 17.6 Å². The van der Waals surface area contributed by atoms with Crippen LogP contribution < -0.4 is 33.1 Å². The molecule has 0 fully saturated rings. The third-order valence-corrected chi connectivity index (χ3v) is 6.78. The molecular weight excluding hydrogens is 564 g/mol. The molecule has 2 aromatic heterocycles. The summed E-state index contributed by atoms with van der Waals surface area (Å²) in [4.78, 5) is 51.4. The molecule has 1 atom stereocenters. The van der Waals surface area contributed by atoms with Gasteiger partial charge >= 0.3 is 0 Å². The number of carbonyl (C=O) groups excluding carboxylic acids is 2. The maximum atomic E-state index is 14.2. The van der Waals surface area contributed by atoms with Crippen LogP contribution in [0.5, 0.6) is 0 Å². The molecule has 2 heterocycles. The van der Waals surface area contributed by atoms with Gasteiger partial charge in [0.05, 0.1) is 22.6 Å². The summed E-state index contributed by atoms with van der Waals surface area (Å²) in [5.41, 5.74) is 14.7. The summed E-state index contributed by atoms with van der Waals surface area (Å²) < 4.78 is 1.45. The van der Waals surface area contributed by atoms with Crippen LogP contribution in [0.1, 0.15) is 50.6 Å². The number of aromatic nitrogens is 4. The van der Waals surface area contributed by atoms with Crippen LogP contribution >= 0.6 is 0 Å². The first-order valence-electron chi connectivity index (χ1n) is 13.2. The van der Waals surface area contributed by atoms with E-state index in [0.29, 0.717) is 28.0 Å². The van der Waals surface area contributed by atoms with E-state index in [1.54, 1.807) is 49.4 Å². The Labute approximate surface area is 250 Å². The number of fused-ring (bicyclic) bond motifs is 1. The van der Waals surface area contributed by atoms with E-state index in [0.717, 1.165) is 0 Å². The van der Waals surface area contributed by atoms with Crippen molar-refractivity contribution in [2.24, 2.45) is 0 Å². The van der Waals surface area contributed by atoms with E-state index >= 15 is 0 Å². The van der Waals surface area contributed by atoms with E-state index in [4.69, 9.17) is 21.7 Å². The Morgan fingerprint density at radius 1 is 0.955 bits per heavy atom. The van der Waals surface area contributed by atoms with Crippen molar-refractivity contribution in [3.8, 4) is 11.8 Å². The number of rotatable bonds is 8. The molecule has 0 radical (unpaired) electrons. The van der Waals surface area contributed by atoms with Crippen molar-refractivity contribution in [1.82, 2.24) is 30.3 Å². The van der Waals surface area contributed by atoms with E-state index in [9.17, 15) is 19.6 Å². The van der Waals surface area contributed by atoms with E-state index < -0.39 is 17.9 Å². The lowest BCUT2D eigenvalue weighted by molar-refractivity contribution is 0.0706. The fourth-order valence-electron chi connectivity index (χ4n) is 4.68. The maximum Gasteiger partial charge on any atom is 0.274 e. The number of nitriles is 1. The number of benzene rings is 3. The highest BCUT2D eigenvalue weighted by Crippen LogP contribution is 2.26. The number of nitrogens with one attached hydrogen (secondary N) is 3. The second kappa shape index (κ2) is 12.3. The zero-order valence-corrected chi connectivity index (χ0v) is 23.3. The Kier molecular flexibility index (Phi) is 8.13. The molecule has 5 rings (SSSR count). The number of hydroxylamine groups is 1. The highest BCUT2D eigenvalue weighted by Gasteiger charge is 2.22. The van der Waals surface area contributed by atoms with Crippen LogP contribution in [0.15, 0.2) is 77.6 Å². The molecule has 0 saturated heterocycles. The van der Waals surface area contributed by atoms with Gasteiger partial charge in [0.25, 0.3) is 17.4 Å². The fourth-order valence-corrected chi connectivity index (χ4v) is 4.68. The SMILES string of the molecule is C[C@H](Nc1nc(N)nc(N)c1C#N)c1nc2cccc(CNC(=O)c3ccc(C(=O)NO)cc3)c2c(=O)n1-c1ccccc1. The second-order valence-electron chi connectivity index (χ2n) is 9.63. The van der Waals surface area contributed by atoms with E-state index in [1.807, 2.05) is 12.1 Å². The summed E-state index contributed by atoms with van der Waals surface area (Å²) >= 11 is 0. The Hall–Kier alpha value is -6.33. The molecule has 44 heavy (non-hydrogen) atoms. The van der Waals surface area contributed by atoms with Gasteiger partial charge in [-0.15, -0.1) is 0 Å². The normalized spacial score (nSPS) is 11.4. The molecule has 14 heteroatoms. The van der Waals surface area contributed by atoms with Crippen molar-refractivity contribution >= 4 is 40.3 Å². The molecular formula is C30H26N10O4. The molecule has 3 aromatic carbocycles. The molecule has 0 spiro atoms. The van der Waals surface area contributed by atoms with Crippen molar-refractivity contribution in [3.05, 3.63) is 111 Å². The number of amides is 2. The van der Waals surface area contributed by atoms with E-state index in [-0.39, 0.29) is 46.4 Å². The lowest BCUT2D eigenvalue weighted by Gasteiger charge is -2.21. The Morgan fingerprint density at radius 3 is 2.30 bits per heavy atom. The van der Waals surface area contributed by atoms with Crippen molar-refractivity contribution in [3.63, 3.8) is 0 Å². The topological polar surface area (TPSA) is 227 Å². The minimum Gasteiger partial charge on any atom is -0.382 e. The molecule has 0 bridgehead atoms. The van der Waals surface area contributed by atoms with Gasteiger partial charge in [-0.05, 0) is 55.0 Å². The highest BCUT2D eigenvalue weighted by molar-refractivity contribution is 5.97. The van der Waals surface area contributed by atoms with Gasteiger partial charge in [0, 0.05) is 17.7 Å². The Bertz CT molecular complexity index is 1990. The Balaban J connectivity index is 1.54. The van der Waals surface area contributed by atoms with Gasteiger partial charge in [0.1, 0.15) is 23.3 Å². The first-order valence-corrected chi connectivity index (χ1v) is 13.2. The first-order chi connectivity index (χ1) is 21.2. The quantitative estimate of drug-likeness (QED) is 0.114. The zero-order chi connectivity index (χ0) is 31.4. The highest BCUT2D eigenvalue weighted by atomic mass is 16.5. The van der Waals surface area contributed by atoms with Crippen LogP contribution in [-0.2, 0) is 6.54 Å². The smallest absolute Gasteiger partial charge is 0.274 e. The lowest BCUT2D eigenvalue weighted by atomic mass is 10.1. The van der Waals surface area contributed by atoms with Gasteiger partial charge in [-0.25, -0.2) is 10.5 Å². The van der Waals surface area contributed by atoms with Gasteiger partial charge in [-0.1, -0.05) is 30.3 Å². The predicted octanol–water partition coefficient (Wildman–Crippen LogP) is 2.43. The van der Waals surface area contributed by atoms with E-state index in [2.05, 4.69) is 20.6 Å². The molecule has 14 nitrogen and oxygen atoms in total. The summed E-state index contributed by atoms with van der Waals surface area (Å²) in [7, 11) is 0. The van der Waals surface area contributed by atoms with Crippen molar-refractivity contribution < 1.29 is 14.8 Å². The summed E-state index contributed by atoms with van der Waals surface area (Å²) in [5.74, 6) is -0.918. The lowest BCUT2D eigenvalue weighted by Crippen LogP contribution is -2.29. The van der Waals surface area contributed by atoms with Crippen LogP contribution in [0.25, 0.3) is 16.6 Å². The first kappa shape index (κ1) is 29.2. The average Bonchev–Trinajstić information content (AvgIpc) is 3.03. The van der Waals surface area contributed by atoms with Crippen LogP contribution in [0.2, 0.25) is 0 Å². The summed E-state index contributed by atoms with van der Waals surface area (Å²) in [6.45, 7) is 1.77. The standard InChI is InChI=1S/C30H26N10O4/c1-16(35-25-21(14-31)24(32)37-30(33)38-25)26-36-22-9-5-6-19(23(22)29(43)40(26)20-7-3-2-4-8-20)15-34-27(41)17-10-12-18(13-11-17)28(42)39-44/h2-13,16,44H,15H2,1H3,(H,34,41)(H,39,42)(H5,32,33,35,37,38)/t16-/m0/s1. The number of hydrogen-bond acceptors (Lipinski definition) is 11. The number of anilines is 3. The molecule has 220 valence electrons. The molecule has 0 aliphatic rings. The summed E-state index contributed by atoms with van der Waals surface area (Å²) in [6.07, 6.45) is 0. The summed E-state index contributed by atoms with van der Waals surface area (Å²) in [5, 5.41) is 24.6. The fraction of sp³-hybridized carbons (Fsp3) is 0.100. The molecule has 5 aromatic rings. The van der Waals surface area contributed by atoms with Gasteiger partial charge in [-0.3, -0.25) is 24.2 Å². The molecule has 8 N–H and O–H groups in total. The van der Waals surface area contributed by atoms with E-state index in [1.165, 1.54) is 34.3 Å². The van der Waals surface area contributed by atoms with Crippen LogP contribution in [-0.4, -0.2) is 36.5 Å². The minimum absolute atomic E-state index is 0.00442. The number of carbonyl (C=O) groups is 2. The summed E-state index contributed by atoms with van der Waals surface area (Å²) in [6, 6.07) is 21.1. The van der Waals surface area contributed by atoms with Crippen molar-refractivity contribution in [1.29, 1.82) is 5.26 Å². The number of nitrogens with zero attached hydrogens (tertiary/aromatic N) is 5. The number of para-hydroxylation sites is 1. The largest absolute Gasteiger partial charge is 0.382 e. The molecule has 0 aliphatic carbocycles. The van der Waals surface area contributed by atoms with Crippen LogP contribution in [0, 0.1) is 11.3 Å². The number of hydrogen-bond donors (Lipinski definition) is 6. The maximum absolute atomic E-state index is 14.2. The molecule has 0 saturated carbocycles. The third-order valence-electron chi connectivity index (χ3n) is 6.78. The average molecular weight is 591 g/mol. The second-order valence-corrected chi connectivity index (χ2v) is 9.63. The van der Waals surface area contributed by atoms with Gasteiger partial charge in [0.15, 0.2) is 5.82 Å². The monoisotopic (exact) mass is 590 g/mol. The van der Waals surface area contributed by atoms with Gasteiger partial charge < -0.3 is 22.1 Å². The van der Waals surface area contributed by atoms with Crippen molar-refractivity contribution in [2.45, 2.75) is 19.5 Å². The Morgan fingerprint density at radius 2 is 1.64 bits per heavy atom. The minimum atomic E-state index is -0.699. The predicted molar refractivity (Wildman–Crippen MR) is 162 cm³/mol. The number of nitrogens with two attached hydrogens (primary N) is 2.